The van der Waals surface area contributed by atoms with Crippen LogP contribution < -0.4 is 0 Å². The van der Waals surface area contributed by atoms with Crippen LogP contribution in [0.5, 0.6) is 0 Å². The van der Waals surface area contributed by atoms with E-state index in [2.05, 4.69) is 13.8 Å². The lowest BCUT2D eigenvalue weighted by atomic mass is 9.44. The number of carbonyl (C=O) groups excluding carboxylic acids is 1. The van der Waals surface area contributed by atoms with Crippen molar-refractivity contribution in [2.75, 3.05) is 6.61 Å². The Morgan fingerprint density at radius 3 is 2.39 bits per heavy atom. The van der Waals surface area contributed by atoms with E-state index in [1.54, 1.807) is 6.08 Å². The fourth-order valence-corrected chi connectivity index (χ4v) is 10.2. The average molecular weight is 535 g/mol. The van der Waals surface area contributed by atoms with E-state index >= 15 is 0 Å². The van der Waals surface area contributed by atoms with Gasteiger partial charge in [-0.1, -0.05) is 13.8 Å². The van der Waals surface area contributed by atoms with Crippen molar-refractivity contribution < 1.29 is 39.4 Å². The number of hydrogen-bond donors (Lipinski definition) is 4. The van der Waals surface area contributed by atoms with E-state index in [4.69, 9.17) is 14.2 Å². The standard InChI is InChI=1S/C30H46O8/c1-15-19(13-24(32)36-15)21-7-6-20-18-5-4-16-12-17(8-10-29(16,2)22(18)9-11-30(20,21)3)37-28-27(35)26(34)25(33)23(14-31)38-28/h13,15-18,20-23,25-28,31,33-35H,4-12,14H2,1-3H3/t15-,16-,17+,18+,20+,21-,22+,23-,25-,26+,27-,28?,29+,30+/m1/s1. The Morgan fingerprint density at radius 1 is 0.947 bits per heavy atom. The number of rotatable bonds is 4. The van der Waals surface area contributed by atoms with Crippen molar-refractivity contribution in [1.82, 2.24) is 0 Å². The van der Waals surface area contributed by atoms with Gasteiger partial charge in [0, 0.05) is 6.08 Å². The summed E-state index contributed by atoms with van der Waals surface area (Å²) in [6.07, 6.45) is 5.58. The van der Waals surface area contributed by atoms with Crippen molar-refractivity contribution in [1.29, 1.82) is 0 Å². The highest BCUT2D eigenvalue weighted by Gasteiger charge is 2.61. The molecule has 1 saturated heterocycles. The number of esters is 1. The van der Waals surface area contributed by atoms with E-state index < -0.39 is 37.3 Å². The molecule has 0 aromatic rings. The number of fused-ring (bicyclic) bond motifs is 5. The molecular weight excluding hydrogens is 488 g/mol. The first-order valence-electron chi connectivity index (χ1n) is 14.9. The third kappa shape index (κ3) is 4.12. The van der Waals surface area contributed by atoms with Crippen LogP contribution in [0.1, 0.15) is 78.6 Å². The Kier molecular flexibility index (Phi) is 7.01. The molecule has 0 aromatic heterocycles. The van der Waals surface area contributed by atoms with Gasteiger partial charge in [0.25, 0.3) is 0 Å². The van der Waals surface area contributed by atoms with E-state index in [9.17, 15) is 25.2 Å². The summed E-state index contributed by atoms with van der Waals surface area (Å²) in [7, 11) is 0. The second kappa shape index (κ2) is 9.81. The van der Waals surface area contributed by atoms with Gasteiger partial charge in [0.15, 0.2) is 6.29 Å². The Labute approximate surface area is 225 Å². The lowest BCUT2D eigenvalue weighted by Gasteiger charge is -2.61. The van der Waals surface area contributed by atoms with Crippen molar-refractivity contribution in [2.24, 2.45) is 40.4 Å². The van der Waals surface area contributed by atoms with Gasteiger partial charge < -0.3 is 34.6 Å². The SMILES string of the molecule is C[C@H]1OC(=O)C=C1[C@H]1CC[C@H]2[C@@H]3CC[C@@H]4C[C@@H](OC5O[C@H](CO)[C@@H](O)[C@H](O)[C@H]5O)CC[C@]4(C)[C@H]3CC[C@]12C. The molecule has 0 aromatic carbocycles. The van der Waals surface area contributed by atoms with Crippen molar-refractivity contribution >= 4 is 5.97 Å². The quantitative estimate of drug-likeness (QED) is 0.321. The maximum Gasteiger partial charge on any atom is 0.331 e. The van der Waals surface area contributed by atoms with Crippen LogP contribution in [0.2, 0.25) is 0 Å². The highest BCUT2D eigenvalue weighted by molar-refractivity contribution is 5.86. The molecule has 38 heavy (non-hydrogen) atoms. The summed E-state index contributed by atoms with van der Waals surface area (Å²) in [5.41, 5.74) is 1.72. The first-order chi connectivity index (χ1) is 18.1. The van der Waals surface area contributed by atoms with Crippen molar-refractivity contribution in [3.05, 3.63) is 11.6 Å². The minimum absolute atomic E-state index is 0.0795. The molecule has 0 radical (unpaired) electrons. The van der Waals surface area contributed by atoms with Gasteiger partial charge in [-0.15, -0.1) is 0 Å². The van der Waals surface area contributed by atoms with E-state index in [0.717, 1.165) is 31.6 Å². The minimum Gasteiger partial charge on any atom is -0.455 e. The largest absolute Gasteiger partial charge is 0.455 e. The second-order valence-electron chi connectivity index (χ2n) is 13.8. The molecule has 6 rings (SSSR count). The molecule has 6 aliphatic rings. The summed E-state index contributed by atoms with van der Waals surface area (Å²) in [5.74, 6) is 2.91. The Balaban J connectivity index is 1.13. The van der Waals surface area contributed by atoms with Crippen molar-refractivity contribution in [3.63, 3.8) is 0 Å². The van der Waals surface area contributed by atoms with Gasteiger partial charge >= 0.3 is 5.97 Å². The molecule has 1 unspecified atom stereocenters. The molecule has 0 spiro atoms. The molecule has 2 aliphatic heterocycles. The monoisotopic (exact) mass is 534 g/mol. The Hall–Kier alpha value is -1.03. The van der Waals surface area contributed by atoms with Crippen LogP contribution in [-0.4, -0.2) is 75.9 Å². The van der Waals surface area contributed by atoms with Gasteiger partial charge in [0.05, 0.1) is 12.7 Å². The zero-order valence-corrected chi connectivity index (χ0v) is 23.0. The molecule has 4 saturated carbocycles. The number of aliphatic hydroxyl groups excluding tert-OH is 4. The molecule has 214 valence electrons. The third-order valence-electron chi connectivity index (χ3n) is 12.2. The number of carbonyl (C=O) groups is 1. The van der Waals surface area contributed by atoms with Gasteiger partial charge in [0.1, 0.15) is 30.5 Å². The van der Waals surface area contributed by atoms with Gasteiger partial charge in [0.2, 0.25) is 0 Å². The summed E-state index contributed by atoms with van der Waals surface area (Å²) >= 11 is 0. The lowest BCUT2D eigenvalue weighted by molar-refractivity contribution is -0.316. The zero-order valence-electron chi connectivity index (χ0n) is 23.0. The number of aliphatic hydroxyl groups is 4. The molecule has 0 bridgehead atoms. The Morgan fingerprint density at radius 2 is 1.68 bits per heavy atom. The van der Waals surface area contributed by atoms with Gasteiger partial charge in [-0.2, -0.15) is 0 Å². The van der Waals surface area contributed by atoms with E-state index in [1.807, 2.05) is 6.92 Å². The lowest BCUT2D eigenvalue weighted by Crippen LogP contribution is -2.60. The first kappa shape index (κ1) is 27.2. The molecule has 4 aliphatic carbocycles. The average Bonchev–Trinajstić information content (AvgIpc) is 3.41. The van der Waals surface area contributed by atoms with Crippen LogP contribution in [0.4, 0.5) is 0 Å². The maximum atomic E-state index is 12.0. The fraction of sp³-hybridized carbons (Fsp3) is 0.900. The molecule has 0 amide bonds. The third-order valence-corrected chi connectivity index (χ3v) is 12.2. The van der Waals surface area contributed by atoms with Gasteiger partial charge in [-0.05, 0) is 111 Å². The molecule has 4 N–H and O–H groups in total. The normalized spacial score (nSPS) is 54.5. The predicted molar refractivity (Wildman–Crippen MR) is 137 cm³/mol. The topological polar surface area (TPSA) is 126 Å². The molecule has 5 fully saturated rings. The van der Waals surface area contributed by atoms with E-state index in [-0.39, 0.29) is 29.0 Å². The van der Waals surface area contributed by atoms with E-state index in [0.29, 0.717) is 23.7 Å². The molecule has 8 nitrogen and oxygen atoms in total. The second-order valence-corrected chi connectivity index (χ2v) is 13.8. The summed E-state index contributed by atoms with van der Waals surface area (Å²) in [6.45, 7) is 6.57. The molecular formula is C30H46O8. The van der Waals surface area contributed by atoms with Crippen LogP contribution in [-0.2, 0) is 19.0 Å². The van der Waals surface area contributed by atoms with Crippen LogP contribution >= 0.6 is 0 Å². The smallest absolute Gasteiger partial charge is 0.331 e. The summed E-state index contributed by atoms with van der Waals surface area (Å²) in [5, 5.41) is 40.2. The van der Waals surface area contributed by atoms with Crippen molar-refractivity contribution in [2.45, 2.75) is 121 Å². The number of ether oxygens (including phenoxy) is 3. The first-order valence-corrected chi connectivity index (χ1v) is 14.9. The highest BCUT2D eigenvalue weighted by atomic mass is 16.7. The fourth-order valence-electron chi connectivity index (χ4n) is 10.2. The van der Waals surface area contributed by atoms with E-state index in [1.165, 1.54) is 37.7 Å². The predicted octanol–water partition coefficient (Wildman–Crippen LogP) is 2.70. The zero-order chi connectivity index (χ0) is 27.0. The number of hydrogen-bond acceptors (Lipinski definition) is 8. The summed E-state index contributed by atoms with van der Waals surface area (Å²) in [6, 6.07) is 0. The minimum atomic E-state index is -1.41. The van der Waals surface area contributed by atoms with Crippen LogP contribution in [0.15, 0.2) is 11.6 Å². The van der Waals surface area contributed by atoms with Gasteiger partial charge in [-0.3, -0.25) is 0 Å². The highest BCUT2D eigenvalue weighted by Crippen LogP contribution is 2.68. The summed E-state index contributed by atoms with van der Waals surface area (Å²) < 4.78 is 17.3. The molecule has 2 heterocycles. The Bertz CT molecular complexity index is 951. The molecule has 8 heteroatoms. The van der Waals surface area contributed by atoms with Crippen LogP contribution in [0.25, 0.3) is 0 Å². The number of cyclic esters (lactones) is 1. The van der Waals surface area contributed by atoms with Crippen LogP contribution in [0, 0.1) is 40.4 Å². The maximum absolute atomic E-state index is 12.0. The van der Waals surface area contributed by atoms with Crippen LogP contribution in [0.3, 0.4) is 0 Å². The molecule has 14 atom stereocenters. The summed E-state index contributed by atoms with van der Waals surface area (Å²) in [4.78, 5) is 12.0. The van der Waals surface area contributed by atoms with Crippen molar-refractivity contribution in [3.8, 4) is 0 Å². The van der Waals surface area contributed by atoms with Gasteiger partial charge in [-0.25, -0.2) is 4.79 Å².